The van der Waals surface area contributed by atoms with E-state index in [1.165, 1.54) is 6.07 Å². The fourth-order valence-electron chi connectivity index (χ4n) is 3.60. The molecule has 0 fully saturated rings. The van der Waals surface area contributed by atoms with Gasteiger partial charge in [0.25, 0.3) is 0 Å². The molecule has 3 aromatic rings. The minimum absolute atomic E-state index is 0.118. The maximum absolute atomic E-state index is 13.3. The molecule has 0 unspecified atom stereocenters. The molecule has 1 amide bonds. The van der Waals surface area contributed by atoms with Gasteiger partial charge < -0.3 is 10.1 Å². The Kier molecular flexibility index (Phi) is 7.77. The third kappa shape index (κ3) is 5.60. The van der Waals surface area contributed by atoms with Crippen molar-refractivity contribution in [3.05, 3.63) is 78.4 Å². The van der Waals surface area contributed by atoms with Gasteiger partial charge in [-0.3, -0.25) is 4.79 Å². The SMILES string of the molecule is CC[C@H](C)[C@H](NS(=O)(=O)c1cccc2ccccc12)C(=O)N[C@H](C=O)Cc1ccccc1. The van der Waals surface area contributed by atoms with E-state index in [4.69, 9.17) is 0 Å². The Morgan fingerprint density at radius 2 is 1.62 bits per heavy atom. The zero-order chi connectivity index (χ0) is 23.1. The number of sulfonamides is 1. The zero-order valence-electron chi connectivity index (χ0n) is 18.2. The van der Waals surface area contributed by atoms with Crippen LogP contribution in [0.2, 0.25) is 0 Å². The molecule has 6 nitrogen and oxygen atoms in total. The summed E-state index contributed by atoms with van der Waals surface area (Å²) in [6.07, 6.45) is 1.59. The topological polar surface area (TPSA) is 92.3 Å². The van der Waals surface area contributed by atoms with Crippen LogP contribution in [0.3, 0.4) is 0 Å². The molecule has 0 aliphatic rings. The number of benzene rings is 3. The Bertz CT molecular complexity index is 1170. The number of hydrogen-bond acceptors (Lipinski definition) is 4. The van der Waals surface area contributed by atoms with E-state index in [1.54, 1.807) is 18.2 Å². The molecule has 0 bridgehead atoms. The summed E-state index contributed by atoms with van der Waals surface area (Å²) in [4.78, 5) is 24.8. The summed E-state index contributed by atoms with van der Waals surface area (Å²) in [7, 11) is -3.99. The van der Waals surface area contributed by atoms with Crippen molar-refractivity contribution in [1.82, 2.24) is 10.0 Å². The van der Waals surface area contributed by atoms with Crippen molar-refractivity contribution in [3.8, 4) is 0 Å². The third-order valence-electron chi connectivity index (χ3n) is 5.61. The van der Waals surface area contributed by atoms with Crippen LogP contribution in [0.1, 0.15) is 25.8 Å². The summed E-state index contributed by atoms with van der Waals surface area (Å²) >= 11 is 0. The van der Waals surface area contributed by atoms with Crippen LogP contribution in [0.4, 0.5) is 0 Å². The van der Waals surface area contributed by atoms with Crippen LogP contribution in [-0.2, 0) is 26.0 Å². The van der Waals surface area contributed by atoms with E-state index in [0.717, 1.165) is 10.9 Å². The molecular weight excluding hydrogens is 424 g/mol. The molecule has 3 aromatic carbocycles. The Balaban J connectivity index is 1.84. The maximum atomic E-state index is 13.3. The van der Waals surface area contributed by atoms with Crippen LogP contribution >= 0.6 is 0 Å². The van der Waals surface area contributed by atoms with Gasteiger partial charge in [0.1, 0.15) is 12.3 Å². The molecule has 0 aliphatic carbocycles. The molecule has 168 valence electrons. The molecule has 0 spiro atoms. The van der Waals surface area contributed by atoms with Crippen molar-refractivity contribution < 1.29 is 18.0 Å². The standard InChI is InChI=1S/C25H28N2O4S/c1-3-18(2)24(25(29)26-21(17-28)16-19-10-5-4-6-11-19)27-32(30,31)23-15-9-13-20-12-7-8-14-22(20)23/h4-15,17-18,21,24,27H,3,16H2,1-2H3,(H,26,29)/t18-,21-,24-/m0/s1. The molecule has 0 saturated carbocycles. The van der Waals surface area contributed by atoms with Gasteiger partial charge in [-0.25, -0.2) is 8.42 Å². The molecule has 2 N–H and O–H groups in total. The predicted octanol–water partition coefficient (Wildman–Crippen LogP) is 3.46. The lowest BCUT2D eigenvalue weighted by molar-refractivity contribution is -0.126. The van der Waals surface area contributed by atoms with Crippen molar-refractivity contribution in [3.63, 3.8) is 0 Å². The summed E-state index contributed by atoms with van der Waals surface area (Å²) in [5.41, 5.74) is 0.904. The van der Waals surface area contributed by atoms with Crippen molar-refractivity contribution in [1.29, 1.82) is 0 Å². The Morgan fingerprint density at radius 3 is 2.31 bits per heavy atom. The number of carbonyl (C=O) groups is 2. The van der Waals surface area contributed by atoms with E-state index < -0.39 is 28.0 Å². The number of rotatable bonds is 10. The van der Waals surface area contributed by atoms with Gasteiger partial charge in [0, 0.05) is 5.39 Å². The summed E-state index contributed by atoms with van der Waals surface area (Å²) in [6.45, 7) is 3.70. The normalized spacial score (nSPS) is 14.4. The van der Waals surface area contributed by atoms with Crippen LogP contribution in [0.25, 0.3) is 10.8 Å². The minimum Gasteiger partial charge on any atom is -0.345 e. The van der Waals surface area contributed by atoms with Crippen molar-refractivity contribution in [2.24, 2.45) is 5.92 Å². The highest BCUT2D eigenvalue weighted by molar-refractivity contribution is 7.89. The summed E-state index contributed by atoms with van der Waals surface area (Å²) < 4.78 is 29.1. The molecule has 3 atom stereocenters. The van der Waals surface area contributed by atoms with E-state index >= 15 is 0 Å². The molecule has 7 heteroatoms. The van der Waals surface area contributed by atoms with Crippen molar-refractivity contribution in [2.45, 2.75) is 43.7 Å². The predicted molar refractivity (Wildman–Crippen MR) is 126 cm³/mol. The number of aldehydes is 1. The third-order valence-corrected chi connectivity index (χ3v) is 7.11. The molecule has 0 aromatic heterocycles. The number of hydrogen-bond donors (Lipinski definition) is 2. The Hall–Kier alpha value is -3.03. The van der Waals surface area contributed by atoms with Gasteiger partial charge in [0.2, 0.25) is 15.9 Å². The Labute approximate surface area is 189 Å². The largest absolute Gasteiger partial charge is 0.345 e. The first kappa shape index (κ1) is 23.6. The molecule has 32 heavy (non-hydrogen) atoms. The van der Waals surface area contributed by atoms with Gasteiger partial charge in [0.15, 0.2) is 0 Å². The first-order valence-corrected chi connectivity index (χ1v) is 12.1. The minimum atomic E-state index is -3.99. The molecule has 0 heterocycles. The number of nitrogens with one attached hydrogen (secondary N) is 2. The molecule has 0 aliphatic heterocycles. The van der Waals surface area contributed by atoms with Crippen LogP contribution in [0.5, 0.6) is 0 Å². The first-order chi connectivity index (χ1) is 15.4. The van der Waals surface area contributed by atoms with Crippen molar-refractivity contribution >= 4 is 33.0 Å². The van der Waals surface area contributed by atoms with Gasteiger partial charge in [-0.2, -0.15) is 4.72 Å². The lowest BCUT2D eigenvalue weighted by Crippen LogP contribution is -2.53. The zero-order valence-corrected chi connectivity index (χ0v) is 19.0. The van der Waals surface area contributed by atoms with Crippen LogP contribution in [0.15, 0.2) is 77.7 Å². The van der Waals surface area contributed by atoms with E-state index in [-0.39, 0.29) is 10.8 Å². The van der Waals surface area contributed by atoms with Crippen molar-refractivity contribution in [2.75, 3.05) is 0 Å². The fraction of sp³-hybridized carbons (Fsp3) is 0.280. The van der Waals surface area contributed by atoms with Crippen LogP contribution in [0, 0.1) is 5.92 Å². The van der Waals surface area contributed by atoms with E-state index in [9.17, 15) is 18.0 Å². The average Bonchev–Trinajstić information content (AvgIpc) is 2.81. The summed E-state index contributed by atoms with van der Waals surface area (Å²) in [5.74, 6) is -0.792. The highest BCUT2D eigenvalue weighted by Gasteiger charge is 2.31. The lowest BCUT2D eigenvalue weighted by Gasteiger charge is -2.25. The molecule has 0 saturated heterocycles. The second-order valence-electron chi connectivity index (χ2n) is 7.90. The maximum Gasteiger partial charge on any atom is 0.241 e. The number of carbonyl (C=O) groups excluding carboxylic acids is 2. The van der Waals surface area contributed by atoms with Crippen LogP contribution in [-0.4, -0.2) is 32.7 Å². The second kappa shape index (κ2) is 10.5. The highest BCUT2D eigenvalue weighted by Crippen LogP contribution is 2.23. The van der Waals surface area contributed by atoms with E-state index in [2.05, 4.69) is 10.0 Å². The van der Waals surface area contributed by atoms with E-state index in [0.29, 0.717) is 24.5 Å². The van der Waals surface area contributed by atoms with Gasteiger partial charge >= 0.3 is 0 Å². The highest BCUT2D eigenvalue weighted by atomic mass is 32.2. The fourth-order valence-corrected chi connectivity index (χ4v) is 5.13. The monoisotopic (exact) mass is 452 g/mol. The molecule has 0 radical (unpaired) electrons. The summed E-state index contributed by atoms with van der Waals surface area (Å²) in [6, 6.07) is 19.8. The van der Waals surface area contributed by atoms with Gasteiger partial charge in [0.05, 0.1) is 10.9 Å². The average molecular weight is 453 g/mol. The van der Waals surface area contributed by atoms with Gasteiger partial charge in [-0.05, 0) is 29.4 Å². The van der Waals surface area contributed by atoms with E-state index in [1.807, 2.05) is 62.4 Å². The molecule has 3 rings (SSSR count). The van der Waals surface area contributed by atoms with Gasteiger partial charge in [-0.15, -0.1) is 0 Å². The second-order valence-corrected chi connectivity index (χ2v) is 9.59. The smallest absolute Gasteiger partial charge is 0.241 e. The first-order valence-electron chi connectivity index (χ1n) is 10.7. The lowest BCUT2D eigenvalue weighted by atomic mass is 9.98. The molecular formula is C25H28N2O4S. The quantitative estimate of drug-likeness (QED) is 0.461. The summed E-state index contributed by atoms with van der Waals surface area (Å²) in [5, 5.41) is 4.09. The Morgan fingerprint density at radius 1 is 0.969 bits per heavy atom. The number of fused-ring (bicyclic) bond motifs is 1. The van der Waals surface area contributed by atoms with Crippen LogP contribution < -0.4 is 10.0 Å². The van der Waals surface area contributed by atoms with Gasteiger partial charge in [-0.1, -0.05) is 87.0 Å². The number of amides is 1.